The Morgan fingerprint density at radius 3 is 2.60 bits per heavy atom. The van der Waals surface area contributed by atoms with E-state index in [1.54, 1.807) is 0 Å². The van der Waals surface area contributed by atoms with Gasteiger partial charge in [0.15, 0.2) is 0 Å². The van der Waals surface area contributed by atoms with Crippen LogP contribution < -0.4 is 0 Å². The molecule has 1 aliphatic rings. The van der Waals surface area contributed by atoms with Gasteiger partial charge in [0.1, 0.15) is 5.76 Å². The van der Waals surface area contributed by atoms with Gasteiger partial charge < -0.3 is 9.72 Å². The summed E-state index contributed by atoms with van der Waals surface area (Å²) in [6.07, 6.45) is 4.46. The van der Waals surface area contributed by atoms with Gasteiger partial charge >= 0.3 is 5.97 Å². The molecule has 3 nitrogen and oxygen atoms in total. The molecule has 1 aromatic carbocycles. The number of carbonyl (C=O) groups is 1. The van der Waals surface area contributed by atoms with Crippen LogP contribution in [0.2, 0.25) is 0 Å². The fraction of sp³-hybridized carbons (Fsp3) is 0.235. The van der Waals surface area contributed by atoms with Gasteiger partial charge in [0.2, 0.25) is 0 Å². The SMILES string of the molecule is CC1(C)C/C(=C\c2[nH]ccc2-c2ccccc2)OC1=O. The Morgan fingerprint density at radius 2 is 1.95 bits per heavy atom. The Kier molecular flexibility index (Phi) is 2.97. The summed E-state index contributed by atoms with van der Waals surface area (Å²) in [5.41, 5.74) is 2.80. The molecule has 102 valence electrons. The number of esters is 1. The first-order valence-electron chi connectivity index (χ1n) is 6.72. The van der Waals surface area contributed by atoms with Gasteiger partial charge in [-0.25, -0.2) is 0 Å². The third-order valence-corrected chi connectivity index (χ3v) is 3.56. The normalized spacial score (nSPS) is 19.3. The van der Waals surface area contributed by atoms with E-state index in [0.29, 0.717) is 6.42 Å². The number of rotatable bonds is 2. The molecule has 3 heteroatoms. The first-order valence-corrected chi connectivity index (χ1v) is 6.72. The van der Waals surface area contributed by atoms with Crippen LogP contribution in [0.4, 0.5) is 0 Å². The molecule has 2 aromatic rings. The maximum absolute atomic E-state index is 11.7. The fourth-order valence-electron chi connectivity index (χ4n) is 2.41. The van der Waals surface area contributed by atoms with E-state index in [0.717, 1.165) is 22.6 Å². The van der Waals surface area contributed by atoms with Crippen molar-refractivity contribution in [1.82, 2.24) is 4.98 Å². The average Bonchev–Trinajstić information content (AvgIpc) is 2.96. The van der Waals surface area contributed by atoms with Crippen LogP contribution in [0, 0.1) is 5.41 Å². The second-order valence-corrected chi connectivity index (χ2v) is 5.73. The first-order chi connectivity index (χ1) is 9.56. The van der Waals surface area contributed by atoms with E-state index >= 15 is 0 Å². The highest BCUT2D eigenvalue weighted by Gasteiger charge is 2.38. The van der Waals surface area contributed by atoms with Crippen molar-refractivity contribution < 1.29 is 9.53 Å². The van der Waals surface area contributed by atoms with Crippen molar-refractivity contribution in [2.45, 2.75) is 20.3 Å². The summed E-state index contributed by atoms with van der Waals surface area (Å²) in [7, 11) is 0. The van der Waals surface area contributed by atoms with Gasteiger partial charge in [0.25, 0.3) is 0 Å². The maximum Gasteiger partial charge on any atom is 0.317 e. The molecule has 1 saturated heterocycles. The van der Waals surface area contributed by atoms with E-state index in [4.69, 9.17) is 4.74 Å². The third-order valence-electron chi connectivity index (χ3n) is 3.56. The molecule has 0 amide bonds. The molecule has 1 aromatic heterocycles. The predicted molar refractivity (Wildman–Crippen MR) is 78.7 cm³/mol. The zero-order valence-corrected chi connectivity index (χ0v) is 11.6. The molecule has 0 unspecified atom stereocenters. The van der Waals surface area contributed by atoms with Gasteiger partial charge in [-0.2, -0.15) is 0 Å². The number of aromatic nitrogens is 1. The van der Waals surface area contributed by atoms with Crippen LogP contribution in [0.15, 0.2) is 48.4 Å². The second kappa shape index (κ2) is 4.67. The standard InChI is InChI=1S/C17H17NO2/c1-17(2)11-13(20-16(17)19)10-15-14(8-9-18-15)12-6-4-3-5-7-12/h3-10,18H,11H2,1-2H3/b13-10+. The van der Waals surface area contributed by atoms with Crippen LogP contribution in [0.1, 0.15) is 26.0 Å². The van der Waals surface area contributed by atoms with Crippen LogP contribution in [0.5, 0.6) is 0 Å². The fourth-order valence-corrected chi connectivity index (χ4v) is 2.41. The lowest BCUT2D eigenvalue weighted by Crippen LogP contribution is -2.16. The molecule has 0 bridgehead atoms. The van der Waals surface area contributed by atoms with Crippen LogP contribution in [-0.2, 0) is 9.53 Å². The number of cyclic esters (lactones) is 1. The van der Waals surface area contributed by atoms with Crippen molar-refractivity contribution in [2.75, 3.05) is 0 Å². The van der Waals surface area contributed by atoms with Gasteiger partial charge in [-0.05, 0) is 25.5 Å². The topological polar surface area (TPSA) is 42.1 Å². The van der Waals surface area contributed by atoms with Crippen LogP contribution in [0.25, 0.3) is 17.2 Å². The van der Waals surface area contributed by atoms with Crippen molar-refractivity contribution in [3.8, 4) is 11.1 Å². The molecule has 0 aliphatic carbocycles. The molecule has 0 radical (unpaired) electrons. The van der Waals surface area contributed by atoms with Crippen LogP contribution >= 0.6 is 0 Å². The second-order valence-electron chi connectivity index (χ2n) is 5.73. The Balaban J connectivity index is 1.94. The number of benzene rings is 1. The molecule has 3 rings (SSSR count). The lowest BCUT2D eigenvalue weighted by molar-refractivity contribution is -0.142. The lowest BCUT2D eigenvalue weighted by Gasteiger charge is -2.07. The lowest BCUT2D eigenvalue weighted by atomic mass is 9.91. The van der Waals surface area contributed by atoms with Gasteiger partial charge in [0, 0.05) is 30.0 Å². The molecule has 20 heavy (non-hydrogen) atoms. The third kappa shape index (κ3) is 2.27. The maximum atomic E-state index is 11.7. The highest BCUT2D eigenvalue weighted by Crippen LogP contribution is 2.37. The molecule has 1 fully saturated rings. The molecule has 1 N–H and O–H groups in total. The van der Waals surface area contributed by atoms with Crippen molar-refractivity contribution >= 4 is 12.0 Å². The van der Waals surface area contributed by atoms with Crippen LogP contribution in [-0.4, -0.2) is 11.0 Å². The number of hydrogen-bond acceptors (Lipinski definition) is 2. The number of aromatic amines is 1. The number of hydrogen-bond donors (Lipinski definition) is 1. The largest absolute Gasteiger partial charge is 0.431 e. The van der Waals surface area contributed by atoms with Crippen LogP contribution in [0.3, 0.4) is 0 Å². The van der Waals surface area contributed by atoms with E-state index in [-0.39, 0.29) is 5.97 Å². The smallest absolute Gasteiger partial charge is 0.317 e. The number of carbonyl (C=O) groups excluding carboxylic acids is 1. The molecule has 2 heterocycles. The summed E-state index contributed by atoms with van der Waals surface area (Å²) in [4.78, 5) is 14.9. The van der Waals surface area contributed by atoms with E-state index < -0.39 is 5.41 Å². The Hall–Kier alpha value is -2.29. The van der Waals surface area contributed by atoms with Gasteiger partial charge in [-0.3, -0.25) is 4.79 Å². The number of allylic oxidation sites excluding steroid dienone is 1. The molecule has 0 spiro atoms. The van der Waals surface area contributed by atoms with Crippen molar-refractivity contribution in [3.05, 3.63) is 54.0 Å². The van der Waals surface area contributed by atoms with E-state index in [1.165, 1.54) is 0 Å². The first kappa shape index (κ1) is 12.7. The minimum atomic E-state index is -0.425. The summed E-state index contributed by atoms with van der Waals surface area (Å²) in [5.74, 6) is 0.566. The monoisotopic (exact) mass is 267 g/mol. The quantitative estimate of drug-likeness (QED) is 0.836. The predicted octanol–water partition coefficient (Wildman–Crippen LogP) is 4.00. The van der Waals surface area contributed by atoms with Crippen molar-refractivity contribution in [1.29, 1.82) is 0 Å². The van der Waals surface area contributed by atoms with E-state index in [1.807, 2.05) is 50.4 Å². The molecular formula is C17H17NO2. The molecular weight excluding hydrogens is 250 g/mol. The summed E-state index contributed by atoms with van der Waals surface area (Å²) in [6, 6.07) is 12.2. The summed E-state index contributed by atoms with van der Waals surface area (Å²) >= 11 is 0. The highest BCUT2D eigenvalue weighted by atomic mass is 16.5. The Bertz CT molecular complexity index is 665. The number of H-pyrrole nitrogens is 1. The van der Waals surface area contributed by atoms with E-state index in [2.05, 4.69) is 17.1 Å². The van der Waals surface area contributed by atoms with Crippen molar-refractivity contribution in [3.63, 3.8) is 0 Å². The zero-order valence-electron chi connectivity index (χ0n) is 11.6. The Morgan fingerprint density at radius 1 is 1.20 bits per heavy atom. The van der Waals surface area contributed by atoms with Crippen molar-refractivity contribution in [2.24, 2.45) is 5.41 Å². The van der Waals surface area contributed by atoms with Gasteiger partial charge in [0.05, 0.1) is 5.41 Å². The molecule has 0 atom stereocenters. The highest BCUT2D eigenvalue weighted by molar-refractivity contribution is 5.82. The van der Waals surface area contributed by atoms with Gasteiger partial charge in [-0.1, -0.05) is 30.3 Å². The number of ether oxygens (including phenoxy) is 1. The average molecular weight is 267 g/mol. The minimum Gasteiger partial charge on any atom is -0.431 e. The van der Waals surface area contributed by atoms with Gasteiger partial charge in [-0.15, -0.1) is 0 Å². The summed E-state index contributed by atoms with van der Waals surface area (Å²) in [5, 5.41) is 0. The number of nitrogens with one attached hydrogen (secondary N) is 1. The zero-order chi connectivity index (χ0) is 14.2. The molecule has 0 saturated carbocycles. The minimum absolute atomic E-state index is 0.156. The summed E-state index contributed by atoms with van der Waals surface area (Å²) in [6.45, 7) is 3.81. The molecule has 1 aliphatic heterocycles. The van der Waals surface area contributed by atoms with E-state index in [9.17, 15) is 4.79 Å². The summed E-state index contributed by atoms with van der Waals surface area (Å²) < 4.78 is 5.34. The Labute approximate surface area is 118 Å².